The number of nitrogens with one attached hydrogen (secondary N) is 1. The van der Waals surface area contributed by atoms with Gasteiger partial charge in [0.05, 0.1) is 34.6 Å². The van der Waals surface area contributed by atoms with Crippen molar-refractivity contribution in [1.82, 2.24) is 20.1 Å². The first-order chi connectivity index (χ1) is 14.4. The molecule has 0 saturated heterocycles. The zero-order valence-corrected chi connectivity index (χ0v) is 17.8. The molecular formula is C21H20Cl2N4O3. The Hall–Kier alpha value is -2.90. The summed E-state index contributed by atoms with van der Waals surface area (Å²) in [6, 6.07) is 10.7. The number of Topliss-reactive ketones (excluding diaryl/α,β-unsaturated/α-hetero) is 1. The molecule has 0 radical (unpaired) electrons. The van der Waals surface area contributed by atoms with Crippen LogP contribution in [0.5, 0.6) is 5.88 Å². The molecule has 3 aromatic rings. The molecule has 0 fully saturated rings. The molecule has 1 amide bonds. The summed E-state index contributed by atoms with van der Waals surface area (Å²) < 4.78 is 7.52. The average Bonchev–Trinajstić information content (AvgIpc) is 3.16. The molecule has 0 saturated carbocycles. The number of rotatable bonds is 9. The van der Waals surface area contributed by atoms with Gasteiger partial charge in [-0.05, 0) is 43.7 Å². The minimum atomic E-state index is -0.192. The zero-order chi connectivity index (χ0) is 21.5. The molecule has 0 aliphatic rings. The summed E-state index contributed by atoms with van der Waals surface area (Å²) in [5.74, 6) is 0.215. The lowest BCUT2D eigenvalue weighted by atomic mass is 10.2. The van der Waals surface area contributed by atoms with E-state index in [0.717, 1.165) is 5.56 Å². The van der Waals surface area contributed by atoms with E-state index in [0.29, 0.717) is 40.3 Å². The third-order valence-corrected chi connectivity index (χ3v) is 4.85. The van der Waals surface area contributed by atoms with Gasteiger partial charge in [-0.15, -0.1) is 0 Å². The van der Waals surface area contributed by atoms with Gasteiger partial charge in [-0.3, -0.25) is 14.6 Å². The van der Waals surface area contributed by atoms with E-state index in [1.807, 2.05) is 12.1 Å². The fraction of sp³-hybridized carbons (Fsp3) is 0.238. The maximum Gasteiger partial charge on any atom is 0.220 e. The number of hydrogen-bond acceptors (Lipinski definition) is 5. The first-order valence-corrected chi connectivity index (χ1v) is 10.0. The highest BCUT2D eigenvalue weighted by molar-refractivity contribution is 6.42. The lowest BCUT2D eigenvalue weighted by Crippen LogP contribution is -2.28. The number of ether oxygens (including phenoxy) is 1. The molecule has 0 unspecified atom stereocenters. The fourth-order valence-electron chi connectivity index (χ4n) is 2.64. The van der Waals surface area contributed by atoms with Crippen molar-refractivity contribution in [3.63, 3.8) is 0 Å². The van der Waals surface area contributed by atoms with Gasteiger partial charge in [-0.25, -0.2) is 4.68 Å². The maximum atomic E-state index is 11.7. The maximum absolute atomic E-state index is 11.7. The van der Waals surface area contributed by atoms with E-state index >= 15 is 0 Å². The molecule has 2 heterocycles. The number of carbonyl (C=O) groups is 2. The van der Waals surface area contributed by atoms with Gasteiger partial charge in [-0.1, -0.05) is 23.2 Å². The number of benzene rings is 1. The predicted molar refractivity (Wildman–Crippen MR) is 115 cm³/mol. The first kappa shape index (κ1) is 21.8. The Labute approximate surface area is 184 Å². The molecule has 156 valence electrons. The Bertz CT molecular complexity index is 1040. The Balaban J connectivity index is 1.75. The minimum Gasteiger partial charge on any atom is -0.478 e. The Kier molecular flexibility index (Phi) is 7.43. The van der Waals surface area contributed by atoms with Crippen molar-refractivity contribution in [3.8, 4) is 22.8 Å². The summed E-state index contributed by atoms with van der Waals surface area (Å²) in [5, 5.41) is 8.02. The number of carbonyl (C=O) groups excluding carboxylic acids is 2. The topological polar surface area (TPSA) is 86.1 Å². The molecule has 3 rings (SSSR count). The molecule has 2 aromatic heterocycles. The standard InChI is InChI=1S/C21H20Cl2N4O3/c1-14(28)12-25-20(29)5-3-9-30-21-11-19(15-4-2-8-24-13-15)26-27(21)16-6-7-17(22)18(23)10-16/h2,4,6-8,10-11,13H,3,5,9,12H2,1H3,(H,25,29). The number of pyridine rings is 1. The molecule has 0 aliphatic heterocycles. The molecule has 1 N–H and O–H groups in total. The summed E-state index contributed by atoms with van der Waals surface area (Å²) in [5.41, 5.74) is 2.21. The Morgan fingerprint density at radius 3 is 2.70 bits per heavy atom. The molecule has 9 heteroatoms. The lowest BCUT2D eigenvalue weighted by molar-refractivity contribution is -0.124. The summed E-state index contributed by atoms with van der Waals surface area (Å²) in [6.07, 6.45) is 4.14. The first-order valence-electron chi connectivity index (χ1n) is 9.29. The van der Waals surface area contributed by atoms with E-state index in [2.05, 4.69) is 15.4 Å². The van der Waals surface area contributed by atoms with Crippen molar-refractivity contribution < 1.29 is 14.3 Å². The van der Waals surface area contributed by atoms with Crippen LogP contribution >= 0.6 is 23.2 Å². The molecular weight excluding hydrogens is 427 g/mol. The molecule has 0 bridgehead atoms. The van der Waals surface area contributed by atoms with E-state index < -0.39 is 0 Å². The Morgan fingerprint density at radius 2 is 2.00 bits per heavy atom. The van der Waals surface area contributed by atoms with Crippen molar-refractivity contribution in [2.75, 3.05) is 13.2 Å². The van der Waals surface area contributed by atoms with Crippen molar-refractivity contribution in [2.45, 2.75) is 19.8 Å². The number of aromatic nitrogens is 3. The van der Waals surface area contributed by atoms with Gasteiger partial charge in [0.25, 0.3) is 0 Å². The van der Waals surface area contributed by atoms with E-state index in [-0.39, 0.29) is 24.7 Å². The third kappa shape index (κ3) is 5.81. The van der Waals surface area contributed by atoms with Crippen LogP contribution in [0.3, 0.4) is 0 Å². The van der Waals surface area contributed by atoms with Crippen LogP contribution in [0.25, 0.3) is 16.9 Å². The van der Waals surface area contributed by atoms with Crippen LogP contribution in [0.4, 0.5) is 0 Å². The monoisotopic (exact) mass is 446 g/mol. The van der Waals surface area contributed by atoms with Crippen LogP contribution in [0, 0.1) is 0 Å². The molecule has 0 spiro atoms. The number of ketones is 1. The second-order valence-electron chi connectivity index (χ2n) is 6.55. The van der Waals surface area contributed by atoms with Gasteiger partial charge in [0, 0.05) is 30.4 Å². The van der Waals surface area contributed by atoms with Crippen LogP contribution < -0.4 is 10.1 Å². The number of nitrogens with zero attached hydrogens (tertiary/aromatic N) is 3. The van der Waals surface area contributed by atoms with Crippen molar-refractivity contribution in [2.24, 2.45) is 0 Å². The molecule has 0 atom stereocenters. The van der Waals surface area contributed by atoms with E-state index in [4.69, 9.17) is 27.9 Å². The van der Waals surface area contributed by atoms with Crippen molar-refractivity contribution >= 4 is 34.9 Å². The highest BCUT2D eigenvalue weighted by Gasteiger charge is 2.14. The molecule has 7 nitrogen and oxygen atoms in total. The van der Waals surface area contributed by atoms with E-state index in [1.54, 1.807) is 41.3 Å². The third-order valence-electron chi connectivity index (χ3n) is 4.11. The molecule has 30 heavy (non-hydrogen) atoms. The van der Waals surface area contributed by atoms with Crippen molar-refractivity contribution in [3.05, 3.63) is 58.8 Å². The molecule has 1 aromatic carbocycles. The van der Waals surface area contributed by atoms with E-state index in [1.165, 1.54) is 6.92 Å². The number of halogens is 2. The normalized spacial score (nSPS) is 10.6. The SMILES string of the molecule is CC(=O)CNC(=O)CCCOc1cc(-c2cccnc2)nn1-c1ccc(Cl)c(Cl)c1. The van der Waals surface area contributed by atoms with Crippen LogP contribution in [0.2, 0.25) is 10.0 Å². The second-order valence-corrected chi connectivity index (χ2v) is 7.36. The van der Waals surface area contributed by atoms with Gasteiger partial charge in [0.15, 0.2) is 0 Å². The van der Waals surface area contributed by atoms with Crippen LogP contribution in [0.1, 0.15) is 19.8 Å². The van der Waals surface area contributed by atoms with Gasteiger partial charge in [0.2, 0.25) is 11.8 Å². The van der Waals surface area contributed by atoms with Crippen LogP contribution in [-0.2, 0) is 9.59 Å². The second kappa shape index (κ2) is 10.2. The Morgan fingerprint density at radius 1 is 1.17 bits per heavy atom. The zero-order valence-electron chi connectivity index (χ0n) is 16.3. The van der Waals surface area contributed by atoms with Crippen molar-refractivity contribution in [1.29, 1.82) is 0 Å². The predicted octanol–water partition coefficient (Wildman–Crippen LogP) is 4.11. The largest absolute Gasteiger partial charge is 0.478 e. The smallest absolute Gasteiger partial charge is 0.220 e. The minimum absolute atomic E-state index is 0.0399. The van der Waals surface area contributed by atoms with Gasteiger partial charge < -0.3 is 10.1 Å². The quantitative estimate of drug-likeness (QED) is 0.499. The lowest BCUT2D eigenvalue weighted by Gasteiger charge is -2.10. The van der Waals surface area contributed by atoms with Crippen LogP contribution in [0.15, 0.2) is 48.8 Å². The fourth-order valence-corrected chi connectivity index (χ4v) is 2.94. The summed E-state index contributed by atoms with van der Waals surface area (Å²) in [4.78, 5) is 26.8. The summed E-state index contributed by atoms with van der Waals surface area (Å²) in [6.45, 7) is 1.76. The van der Waals surface area contributed by atoms with Gasteiger partial charge in [-0.2, -0.15) is 5.10 Å². The number of hydrogen-bond donors (Lipinski definition) is 1. The molecule has 0 aliphatic carbocycles. The number of amides is 1. The van der Waals surface area contributed by atoms with Crippen LogP contribution in [-0.4, -0.2) is 39.6 Å². The summed E-state index contributed by atoms with van der Waals surface area (Å²) in [7, 11) is 0. The van der Waals surface area contributed by atoms with E-state index in [9.17, 15) is 9.59 Å². The highest BCUT2D eigenvalue weighted by atomic mass is 35.5. The van der Waals surface area contributed by atoms with Gasteiger partial charge >= 0.3 is 0 Å². The summed E-state index contributed by atoms with van der Waals surface area (Å²) >= 11 is 12.2. The highest BCUT2D eigenvalue weighted by Crippen LogP contribution is 2.29. The average molecular weight is 447 g/mol. The van der Waals surface area contributed by atoms with Gasteiger partial charge in [0.1, 0.15) is 5.78 Å².